The van der Waals surface area contributed by atoms with E-state index in [1.54, 1.807) is 30.0 Å². The first-order chi connectivity index (χ1) is 9.08. The average Bonchev–Trinajstić information content (AvgIpc) is 2.42. The van der Waals surface area contributed by atoms with Crippen molar-refractivity contribution in [1.82, 2.24) is 4.90 Å². The van der Waals surface area contributed by atoms with E-state index < -0.39 is 6.10 Å². The van der Waals surface area contributed by atoms with Gasteiger partial charge in [-0.3, -0.25) is 4.79 Å². The lowest BCUT2D eigenvalue weighted by Crippen LogP contribution is -2.46. The Morgan fingerprint density at radius 1 is 1.37 bits per heavy atom. The summed E-state index contributed by atoms with van der Waals surface area (Å²) in [6, 6.07) is 4.92. The number of ether oxygens (including phenoxy) is 2. The van der Waals surface area contributed by atoms with Gasteiger partial charge in [-0.05, 0) is 25.1 Å². The first-order valence-corrected chi connectivity index (χ1v) is 6.82. The first kappa shape index (κ1) is 14.4. The summed E-state index contributed by atoms with van der Waals surface area (Å²) in [4.78, 5) is 13.9. The molecule has 1 atom stereocenters. The normalized spacial score (nSPS) is 17.1. The fourth-order valence-electron chi connectivity index (χ4n) is 1.85. The predicted molar refractivity (Wildman–Crippen MR) is 74.0 cm³/mol. The number of halogens is 2. The molecule has 1 aromatic rings. The molecule has 1 aliphatic rings. The van der Waals surface area contributed by atoms with Crippen LogP contribution in [-0.4, -0.2) is 43.2 Å². The van der Waals surface area contributed by atoms with Gasteiger partial charge in [-0.2, -0.15) is 0 Å². The van der Waals surface area contributed by atoms with E-state index in [2.05, 4.69) is 0 Å². The lowest BCUT2D eigenvalue weighted by molar-refractivity contribution is -0.142. The summed E-state index contributed by atoms with van der Waals surface area (Å²) in [5.41, 5.74) is 0. The number of carbonyl (C=O) groups is 1. The molecule has 4 nitrogen and oxygen atoms in total. The zero-order chi connectivity index (χ0) is 13.8. The molecule has 1 amide bonds. The Bertz CT molecular complexity index is 461. The molecule has 0 saturated carbocycles. The van der Waals surface area contributed by atoms with Crippen molar-refractivity contribution in [3.05, 3.63) is 28.2 Å². The Hall–Kier alpha value is -0.970. The second-order valence-corrected chi connectivity index (χ2v) is 5.12. The van der Waals surface area contributed by atoms with Gasteiger partial charge in [-0.25, -0.2) is 0 Å². The molecule has 1 unspecified atom stereocenters. The zero-order valence-electron chi connectivity index (χ0n) is 10.6. The topological polar surface area (TPSA) is 38.8 Å². The van der Waals surface area contributed by atoms with Gasteiger partial charge >= 0.3 is 0 Å². The number of hydrogen-bond acceptors (Lipinski definition) is 3. The molecule has 6 heteroatoms. The Morgan fingerprint density at radius 2 is 2.05 bits per heavy atom. The number of amides is 1. The van der Waals surface area contributed by atoms with Crippen LogP contribution in [0.5, 0.6) is 5.75 Å². The SMILES string of the molecule is CC(Oc1ccc(Cl)cc1Cl)C(=O)N1CCOCC1. The van der Waals surface area contributed by atoms with Crippen molar-refractivity contribution < 1.29 is 14.3 Å². The first-order valence-electron chi connectivity index (χ1n) is 6.06. The van der Waals surface area contributed by atoms with Gasteiger partial charge in [0, 0.05) is 18.1 Å². The van der Waals surface area contributed by atoms with Crippen LogP contribution in [0.4, 0.5) is 0 Å². The second-order valence-electron chi connectivity index (χ2n) is 4.27. The van der Waals surface area contributed by atoms with Gasteiger partial charge < -0.3 is 14.4 Å². The lowest BCUT2D eigenvalue weighted by Gasteiger charge is -2.29. The number of carbonyl (C=O) groups excluding carboxylic acids is 1. The predicted octanol–water partition coefficient (Wildman–Crippen LogP) is 2.62. The minimum atomic E-state index is -0.586. The monoisotopic (exact) mass is 303 g/mol. The summed E-state index contributed by atoms with van der Waals surface area (Å²) in [5, 5.41) is 0.929. The Labute approximate surface area is 122 Å². The maximum Gasteiger partial charge on any atom is 0.263 e. The highest BCUT2D eigenvalue weighted by Crippen LogP contribution is 2.28. The molecule has 1 saturated heterocycles. The van der Waals surface area contributed by atoms with Crippen molar-refractivity contribution in [3.8, 4) is 5.75 Å². The van der Waals surface area contributed by atoms with E-state index in [1.165, 1.54) is 0 Å². The highest BCUT2D eigenvalue weighted by Gasteiger charge is 2.24. The summed E-state index contributed by atoms with van der Waals surface area (Å²) in [7, 11) is 0. The van der Waals surface area contributed by atoms with Crippen LogP contribution in [-0.2, 0) is 9.53 Å². The van der Waals surface area contributed by atoms with E-state index in [1.807, 2.05) is 0 Å². The van der Waals surface area contributed by atoms with Crippen LogP contribution < -0.4 is 4.74 Å². The molecule has 1 heterocycles. The van der Waals surface area contributed by atoms with Crippen molar-refractivity contribution >= 4 is 29.1 Å². The summed E-state index contributed by atoms with van der Waals surface area (Å²) in [6.07, 6.45) is -0.586. The number of nitrogens with zero attached hydrogens (tertiary/aromatic N) is 1. The molecule has 1 aliphatic heterocycles. The Morgan fingerprint density at radius 3 is 2.68 bits per heavy atom. The third kappa shape index (κ3) is 3.75. The largest absolute Gasteiger partial charge is 0.479 e. The summed E-state index contributed by atoms with van der Waals surface area (Å²) < 4.78 is 10.8. The minimum Gasteiger partial charge on any atom is -0.479 e. The highest BCUT2D eigenvalue weighted by molar-refractivity contribution is 6.35. The third-order valence-electron chi connectivity index (χ3n) is 2.87. The van der Waals surface area contributed by atoms with Gasteiger partial charge in [0.05, 0.1) is 18.2 Å². The van der Waals surface area contributed by atoms with Crippen molar-refractivity contribution in [2.45, 2.75) is 13.0 Å². The molecule has 2 rings (SSSR count). The standard InChI is InChI=1S/C13H15Cl2NO3/c1-9(13(17)16-4-6-18-7-5-16)19-12-3-2-10(14)8-11(12)15/h2-3,8-9H,4-7H2,1H3. The van der Waals surface area contributed by atoms with Crippen LogP contribution in [0.25, 0.3) is 0 Å². The summed E-state index contributed by atoms with van der Waals surface area (Å²) >= 11 is 11.8. The summed E-state index contributed by atoms with van der Waals surface area (Å²) in [5.74, 6) is 0.398. The number of hydrogen-bond donors (Lipinski definition) is 0. The molecule has 104 valence electrons. The van der Waals surface area contributed by atoms with Gasteiger partial charge in [0.25, 0.3) is 5.91 Å². The van der Waals surface area contributed by atoms with Crippen LogP contribution in [0.1, 0.15) is 6.92 Å². The second kappa shape index (κ2) is 6.46. The van der Waals surface area contributed by atoms with E-state index in [4.69, 9.17) is 32.7 Å². The van der Waals surface area contributed by atoms with Gasteiger partial charge in [0.15, 0.2) is 6.10 Å². The van der Waals surface area contributed by atoms with Gasteiger partial charge in [0.1, 0.15) is 5.75 Å². The van der Waals surface area contributed by atoms with Crippen molar-refractivity contribution in [2.24, 2.45) is 0 Å². The number of morpholine rings is 1. The maximum absolute atomic E-state index is 12.2. The molecule has 0 spiro atoms. The molecule has 0 bridgehead atoms. The Kier molecular flexibility index (Phi) is 4.91. The third-order valence-corrected chi connectivity index (χ3v) is 3.40. The lowest BCUT2D eigenvalue weighted by atomic mass is 10.3. The van der Waals surface area contributed by atoms with E-state index in [0.717, 1.165) is 0 Å². The Balaban J connectivity index is 1.99. The van der Waals surface area contributed by atoms with Crippen molar-refractivity contribution in [2.75, 3.05) is 26.3 Å². The van der Waals surface area contributed by atoms with E-state index >= 15 is 0 Å². The van der Waals surface area contributed by atoms with Gasteiger partial charge in [-0.15, -0.1) is 0 Å². The van der Waals surface area contributed by atoms with Crippen molar-refractivity contribution in [3.63, 3.8) is 0 Å². The molecular weight excluding hydrogens is 289 g/mol. The number of rotatable bonds is 3. The molecule has 0 aromatic heterocycles. The fraction of sp³-hybridized carbons (Fsp3) is 0.462. The molecule has 1 fully saturated rings. The van der Waals surface area contributed by atoms with E-state index in [9.17, 15) is 4.79 Å². The maximum atomic E-state index is 12.2. The molecular formula is C13H15Cl2NO3. The van der Waals surface area contributed by atoms with Crippen LogP contribution >= 0.6 is 23.2 Å². The van der Waals surface area contributed by atoms with Crippen molar-refractivity contribution in [1.29, 1.82) is 0 Å². The fourth-order valence-corrected chi connectivity index (χ4v) is 2.31. The zero-order valence-corrected chi connectivity index (χ0v) is 12.1. The molecule has 0 aliphatic carbocycles. The van der Waals surface area contributed by atoms with Crippen LogP contribution in [0.15, 0.2) is 18.2 Å². The van der Waals surface area contributed by atoms with Crippen LogP contribution in [0.2, 0.25) is 10.0 Å². The summed E-state index contributed by atoms with van der Waals surface area (Å²) in [6.45, 7) is 4.05. The smallest absolute Gasteiger partial charge is 0.263 e. The molecule has 1 aromatic carbocycles. The van der Waals surface area contributed by atoms with Crippen LogP contribution in [0, 0.1) is 0 Å². The van der Waals surface area contributed by atoms with Gasteiger partial charge in [0.2, 0.25) is 0 Å². The van der Waals surface area contributed by atoms with E-state index in [-0.39, 0.29) is 5.91 Å². The van der Waals surface area contributed by atoms with E-state index in [0.29, 0.717) is 42.1 Å². The number of benzene rings is 1. The minimum absolute atomic E-state index is 0.0608. The van der Waals surface area contributed by atoms with Crippen LogP contribution in [0.3, 0.4) is 0 Å². The average molecular weight is 304 g/mol. The molecule has 0 N–H and O–H groups in total. The van der Waals surface area contributed by atoms with Gasteiger partial charge in [-0.1, -0.05) is 23.2 Å². The highest BCUT2D eigenvalue weighted by atomic mass is 35.5. The molecule has 19 heavy (non-hydrogen) atoms. The molecule has 0 radical (unpaired) electrons. The quantitative estimate of drug-likeness (QED) is 0.861.